The monoisotopic (exact) mass is 195 g/mol. The fourth-order valence-electron chi connectivity index (χ4n) is 0.269. The molecule has 0 fully saturated rings. The van der Waals surface area contributed by atoms with E-state index in [0.717, 1.165) is 5.33 Å². The van der Waals surface area contributed by atoms with Gasteiger partial charge < -0.3 is 10.5 Å². The highest BCUT2D eigenvalue weighted by Crippen LogP contribution is 1.99. The number of hydrogen-bond acceptors (Lipinski definition) is 2. The first-order valence-corrected chi connectivity index (χ1v) is 3.77. The van der Waals surface area contributed by atoms with Crippen molar-refractivity contribution in [1.29, 1.82) is 0 Å². The maximum absolute atomic E-state index is 10.0. The van der Waals surface area contributed by atoms with E-state index in [-0.39, 0.29) is 0 Å². The molecule has 0 radical (unpaired) electrons. The molecule has 2 N–H and O–H groups in total. The molecule has 0 aromatic heterocycles. The first-order valence-electron chi connectivity index (χ1n) is 2.65. The molecule has 1 atom stereocenters. The summed E-state index contributed by atoms with van der Waals surface area (Å²) >= 11 is 3.23. The van der Waals surface area contributed by atoms with Gasteiger partial charge in [0.1, 0.15) is 0 Å². The van der Waals surface area contributed by atoms with E-state index < -0.39 is 6.09 Å². The molecule has 0 spiro atoms. The second-order valence-corrected chi connectivity index (χ2v) is 2.54. The lowest BCUT2D eigenvalue weighted by Gasteiger charge is -2.05. The van der Waals surface area contributed by atoms with Crippen LogP contribution in [0.3, 0.4) is 0 Å². The van der Waals surface area contributed by atoms with Crippen molar-refractivity contribution in [2.24, 2.45) is 11.7 Å². The lowest BCUT2D eigenvalue weighted by molar-refractivity contribution is 0.144. The second-order valence-electron chi connectivity index (χ2n) is 1.89. The molecular weight excluding hydrogens is 186 g/mol. The molecule has 54 valence electrons. The second kappa shape index (κ2) is 4.61. The lowest BCUT2D eigenvalue weighted by atomic mass is 10.2. The molecule has 0 heterocycles. The third-order valence-electron chi connectivity index (χ3n) is 0.774. The van der Waals surface area contributed by atoms with Crippen molar-refractivity contribution in [3.05, 3.63) is 0 Å². The first kappa shape index (κ1) is 8.75. The molecule has 0 saturated heterocycles. The predicted molar refractivity (Wildman–Crippen MR) is 38.5 cm³/mol. The summed E-state index contributed by atoms with van der Waals surface area (Å²) < 4.78 is 4.50. The minimum atomic E-state index is -0.706. The first-order chi connectivity index (χ1) is 4.16. The Morgan fingerprint density at radius 3 is 2.78 bits per heavy atom. The Kier molecular flexibility index (Phi) is 4.48. The van der Waals surface area contributed by atoms with E-state index >= 15 is 0 Å². The van der Waals surface area contributed by atoms with E-state index in [4.69, 9.17) is 5.73 Å². The molecule has 0 aromatic carbocycles. The fourth-order valence-corrected chi connectivity index (χ4v) is 0.456. The molecule has 1 unspecified atom stereocenters. The van der Waals surface area contributed by atoms with E-state index in [1.807, 2.05) is 6.92 Å². The van der Waals surface area contributed by atoms with Gasteiger partial charge in [-0.2, -0.15) is 0 Å². The standard InChI is InChI=1S/C5H10BrNO2/c1-4(2-6)3-9-5(7)8/h4H,2-3H2,1H3,(H2,7,8). The highest BCUT2D eigenvalue weighted by molar-refractivity contribution is 9.09. The van der Waals surface area contributed by atoms with E-state index in [1.165, 1.54) is 0 Å². The van der Waals surface area contributed by atoms with Crippen molar-refractivity contribution < 1.29 is 9.53 Å². The number of nitrogens with two attached hydrogens (primary N) is 1. The van der Waals surface area contributed by atoms with Gasteiger partial charge in [0.15, 0.2) is 0 Å². The number of primary amides is 1. The van der Waals surface area contributed by atoms with Gasteiger partial charge in [-0.1, -0.05) is 22.9 Å². The quantitative estimate of drug-likeness (QED) is 0.687. The van der Waals surface area contributed by atoms with Crippen LogP contribution in [0.2, 0.25) is 0 Å². The van der Waals surface area contributed by atoms with Crippen molar-refractivity contribution in [2.75, 3.05) is 11.9 Å². The fraction of sp³-hybridized carbons (Fsp3) is 0.800. The van der Waals surface area contributed by atoms with Crippen molar-refractivity contribution >= 4 is 22.0 Å². The average Bonchev–Trinajstić information content (AvgIpc) is 1.83. The predicted octanol–water partition coefficient (Wildman–Crippen LogP) is 1.11. The zero-order valence-electron chi connectivity index (χ0n) is 5.26. The Morgan fingerprint density at radius 2 is 2.44 bits per heavy atom. The summed E-state index contributed by atoms with van der Waals surface area (Å²) in [4.78, 5) is 10.0. The van der Waals surface area contributed by atoms with Crippen LogP contribution in [0.4, 0.5) is 4.79 Å². The summed E-state index contributed by atoms with van der Waals surface area (Å²) in [5.74, 6) is 0.331. The van der Waals surface area contributed by atoms with Gasteiger partial charge >= 0.3 is 6.09 Å². The molecule has 1 amide bonds. The Labute approximate surface area is 62.7 Å². The van der Waals surface area contributed by atoms with E-state index in [1.54, 1.807) is 0 Å². The summed E-state index contributed by atoms with van der Waals surface area (Å²) in [6.45, 7) is 2.35. The van der Waals surface area contributed by atoms with Crippen LogP contribution in [0, 0.1) is 5.92 Å². The van der Waals surface area contributed by atoms with Gasteiger partial charge in [0, 0.05) is 11.2 Å². The Morgan fingerprint density at radius 1 is 1.89 bits per heavy atom. The van der Waals surface area contributed by atoms with E-state index in [2.05, 4.69) is 20.7 Å². The van der Waals surface area contributed by atoms with Crippen LogP contribution >= 0.6 is 15.9 Å². The van der Waals surface area contributed by atoms with E-state index in [0.29, 0.717) is 12.5 Å². The van der Waals surface area contributed by atoms with Crippen molar-refractivity contribution in [3.63, 3.8) is 0 Å². The summed E-state index contributed by atoms with van der Waals surface area (Å²) in [6, 6.07) is 0. The molecule has 3 nitrogen and oxygen atoms in total. The molecule has 4 heteroatoms. The third kappa shape index (κ3) is 5.62. The number of rotatable bonds is 3. The van der Waals surface area contributed by atoms with Gasteiger partial charge in [0.05, 0.1) is 6.61 Å². The number of halogens is 1. The highest BCUT2D eigenvalue weighted by atomic mass is 79.9. The Balaban J connectivity index is 3.16. The van der Waals surface area contributed by atoms with Gasteiger partial charge in [0.25, 0.3) is 0 Å². The number of ether oxygens (including phenoxy) is 1. The van der Waals surface area contributed by atoms with Gasteiger partial charge in [0.2, 0.25) is 0 Å². The van der Waals surface area contributed by atoms with Gasteiger partial charge in [-0.25, -0.2) is 4.79 Å². The zero-order valence-corrected chi connectivity index (χ0v) is 6.85. The minimum Gasteiger partial charge on any atom is -0.449 e. The molecule has 0 aliphatic heterocycles. The number of hydrogen-bond donors (Lipinski definition) is 1. The van der Waals surface area contributed by atoms with E-state index in [9.17, 15) is 4.79 Å². The van der Waals surface area contributed by atoms with Crippen LogP contribution in [0.1, 0.15) is 6.92 Å². The molecule has 0 aliphatic rings. The third-order valence-corrected chi connectivity index (χ3v) is 1.88. The smallest absolute Gasteiger partial charge is 0.404 e. The highest BCUT2D eigenvalue weighted by Gasteiger charge is 2.00. The number of carbonyl (C=O) groups excluding carboxylic acids is 1. The Bertz CT molecular complexity index is 97.0. The van der Waals surface area contributed by atoms with Crippen LogP contribution in [0.5, 0.6) is 0 Å². The number of carbonyl (C=O) groups is 1. The summed E-state index contributed by atoms with van der Waals surface area (Å²) in [6.07, 6.45) is -0.706. The molecule has 0 saturated carbocycles. The largest absolute Gasteiger partial charge is 0.449 e. The maximum Gasteiger partial charge on any atom is 0.404 e. The molecule has 0 rings (SSSR count). The van der Waals surface area contributed by atoms with Gasteiger partial charge in [-0.3, -0.25) is 0 Å². The maximum atomic E-state index is 10.0. The Hall–Kier alpha value is -0.250. The van der Waals surface area contributed by atoms with Crippen LogP contribution in [0.25, 0.3) is 0 Å². The summed E-state index contributed by atoms with van der Waals surface area (Å²) in [5, 5.41) is 0.820. The molecular formula is C5H10BrNO2. The number of amides is 1. The molecule has 0 aromatic rings. The SMILES string of the molecule is CC(CBr)COC(N)=O. The van der Waals surface area contributed by atoms with Gasteiger partial charge in [-0.15, -0.1) is 0 Å². The topological polar surface area (TPSA) is 52.3 Å². The van der Waals surface area contributed by atoms with Crippen molar-refractivity contribution in [1.82, 2.24) is 0 Å². The lowest BCUT2D eigenvalue weighted by Crippen LogP contribution is -2.17. The van der Waals surface area contributed by atoms with Crippen LogP contribution in [0.15, 0.2) is 0 Å². The number of alkyl halides is 1. The van der Waals surface area contributed by atoms with Crippen LogP contribution in [-0.4, -0.2) is 18.0 Å². The van der Waals surface area contributed by atoms with Crippen molar-refractivity contribution in [3.8, 4) is 0 Å². The van der Waals surface area contributed by atoms with Gasteiger partial charge in [-0.05, 0) is 0 Å². The van der Waals surface area contributed by atoms with Crippen molar-refractivity contribution in [2.45, 2.75) is 6.92 Å². The summed E-state index contributed by atoms with van der Waals surface area (Å²) in [7, 11) is 0. The zero-order chi connectivity index (χ0) is 7.28. The summed E-state index contributed by atoms with van der Waals surface area (Å²) in [5.41, 5.74) is 4.72. The normalized spacial score (nSPS) is 12.7. The average molecular weight is 196 g/mol. The van der Waals surface area contributed by atoms with Crippen LogP contribution in [-0.2, 0) is 4.74 Å². The molecule has 0 bridgehead atoms. The minimum absolute atomic E-state index is 0.331. The van der Waals surface area contributed by atoms with Crippen LogP contribution < -0.4 is 5.73 Å². The molecule has 9 heavy (non-hydrogen) atoms. The molecule has 0 aliphatic carbocycles.